The monoisotopic (exact) mass is 431 g/mol. The van der Waals surface area contributed by atoms with Crippen molar-refractivity contribution in [3.8, 4) is 0 Å². The van der Waals surface area contributed by atoms with E-state index in [1.54, 1.807) is 23.6 Å². The second kappa shape index (κ2) is 9.12. The number of aromatic nitrogens is 1. The van der Waals surface area contributed by atoms with E-state index in [4.69, 9.17) is 11.5 Å². The molecular weight excluding hydrogens is 410 g/mol. The summed E-state index contributed by atoms with van der Waals surface area (Å²) in [5.74, 6) is -0.433. The minimum absolute atomic E-state index is 0.0517. The van der Waals surface area contributed by atoms with Gasteiger partial charge in [-0.05, 0) is 24.3 Å². The number of hydrogen-bond acceptors (Lipinski definition) is 6. The Kier molecular flexibility index (Phi) is 6.57. The van der Waals surface area contributed by atoms with E-state index in [9.17, 15) is 13.2 Å². The van der Waals surface area contributed by atoms with E-state index in [2.05, 4.69) is 14.7 Å². The fourth-order valence-corrected chi connectivity index (χ4v) is 5.01. The number of nitrogens with one attached hydrogen (secondary N) is 1. The number of carbonyl (C=O) groups excluding carboxylic acids is 1. The van der Waals surface area contributed by atoms with Crippen molar-refractivity contribution >= 4 is 43.9 Å². The Hall–Kier alpha value is -2.82. The highest BCUT2D eigenvalue weighted by atomic mass is 32.2. The summed E-state index contributed by atoms with van der Waals surface area (Å²) in [5.41, 5.74) is 10.6. The Morgan fingerprint density at radius 3 is 2.66 bits per heavy atom. The maximum Gasteiger partial charge on any atom is 0.241 e. The summed E-state index contributed by atoms with van der Waals surface area (Å²) in [7, 11) is -3.95. The third-order valence-corrected chi connectivity index (χ3v) is 6.56. The maximum atomic E-state index is 13.1. The van der Waals surface area contributed by atoms with Gasteiger partial charge >= 0.3 is 0 Å². The normalized spacial score (nSPS) is 12.6. The first kappa shape index (κ1) is 20.9. The molecule has 1 aromatic heterocycles. The molecule has 0 fully saturated rings. The zero-order chi connectivity index (χ0) is 20.9. The van der Waals surface area contributed by atoms with Crippen molar-refractivity contribution in [3.63, 3.8) is 0 Å². The second-order valence-corrected chi connectivity index (χ2v) is 8.88. The van der Waals surface area contributed by atoms with Gasteiger partial charge in [0, 0.05) is 23.5 Å². The van der Waals surface area contributed by atoms with Crippen LogP contribution < -0.4 is 16.2 Å². The van der Waals surface area contributed by atoms with Crippen molar-refractivity contribution in [1.29, 1.82) is 0 Å². The lowest BCUT2D eigenvalue weighted by Crippen LogP contribution is -2.41. The number of thiazole rings is 1. The number of carbonyl (C=O) groups is 1. The van der Waals surface area contributed by atoms with Crippen LogP contribution in [-0.2, 0) is 10.0 Å². The van der Waals surface area contributed by atoms with Crippen LogP contribution in [0.5, 0.6) is 0 Å². The lowest BCUT2D eigenvalue weighted by atomic mass is 10.1. The van der Waals surface area contributed by atoms with Crippen LogP contribution in [0.25, 0.3) is 10.8 Å². The van der Waals surface area contributed by atoms with Crippen LogP contribution in [0.3, 0.4) is 0 Å². The molecule has 3 rings (SSSR count). The SMILES string of the molecule is NC(N)=NCCC[C@H](NS(=O)(=O)c1cccc2ccccc12)C(=O)c1nccs1. The maximum absolute atomic E-state index is 13.1. The van der Waals surface area contributed by atoms with E-state index >= 15 is 0 Å². The van der Waals surface area contributed by atoms with Crippen LogP contribution in [0.4, 0.5) is 0 Å². The predicted octanol–water partition coefficient (Wildman–Crippen LogP) is 1.88. The fourth-order valence-electron chi connectivity index (χ4n) is 2.92. The summed E-state index contributed by atoms with van der Waals surface area (Å²) < 4.78 is 28.8. The molecule has 0 unspecified atom stereocenters. The molecule has 1 atom stereocenters. The lowest BCUT2D eigenvalue weighted by Gasteiger charge is -2.17. The lowest BCUT2D eigenvalue weighted by molar-refractivity contribution is 0.0948. The molecule has 0 saturated heterocycles. The largest absolute Gasteiger partial charge is 0.370 e. The van der Waals surface area contributed by atoms with Gasteiger partial charge in [-0.3, -0.25) is 9.79 Å². The van der Waals surface area contributed by atoms with Gasteiger partial charge in [-0.2, -0.15) is 0 Å². The van der Waals surface area contributed by atoms with E-state index in [-0.39, 0.29) is 28.1 Å². The standard InChI is InChI=1S/C19H21N5O3S2/c20-19(21)23-10-4-8-15(17(25)18-22-11-12-28-18)24-29(26,27)16-9-3-6-13-5-1-2-7-14(13)16/h1-3,5-7,9,11-12,15,24H,4,8,10H2,(H4,20,21,23)/t15-/m0/s1. The minimum Gasteiger partial charge on any atom is -0.370 e. The average Bonchev–Trinajstić information content (AvgIpc) is 3.24. The van der Waals surface area contributed by atoms with Crippen molar-refractivity contribution in [2.24, 2.45) is 16.5 Å². The Labute approximate surface area is 172 Å². The molecule has 1 heterocycles. The van der Waals surface area contributed by atoms with Gasteiger partial charge in [0.1, 0.15) is 0 Å². The van der Waals surface area contributed by atoms with Gasteiger partial charge in [-0.25, -0.2) is 18.1 Å². The van der Waals surface area contributed by atoms with Gasteiger partial charge in [0.2, 0.25) is 15.8 Å². The van der Waals surface area contributed by atoms with Crippen molar-refractivity contribution in [2.45, 2.75) is 23.8 Å². The molecule has 0 bridgehead atoms. The molecule has 0 aliphatic carbocycles. The van der Waals surface area contributed by atoms with E-state index < -0.39 is 16.1 Å². The summed E-state index contributed by atoms with van der Waals surface area (Å²) in [6, 6.07) is 11.2. The number of benzene rings is 2. The van der Waals surface area contributed by atoms with Crippen molar-refractivity contribution in [2.75, 3.05) is 6.54 Å². The first-order valence-electron chi connectivity index (χ1n) is 8.87. The highest BCUT2D eigenvalue weighted by Crippen LogP contribution is 2.23. The Morgan fingerprint density at radius 2 is 1.93 bits per heavy atom. The predicted molar refractivity (Wildman–Crippen MR) is 114 cm³/mol. The minimum atomic E-state index is -3.95. The molecule has 2 aromatic carbocycles. The van der Waals surface area contributed by atoms with Gasteiger partial charge < -0.3 is 11.5 Å². The molecule has 152 valence electrons. The first-order chi connectivity index (χ1) is 13.9. The van der Waals surface area contributed by atoms with Crippen molar-refractivity contribution in [1.82, 2.24) is 9.71 Å². The van der Waals surface area contributed by atoms with E-state index in [1.165, 1.54) is 12.3 Å². The molecule has 0 aliphatic heterocycles. The molecule has 8 nitrogen and oxygen atoms in total. The third-order valence-electron chi connectivity index (χ3n) is 4.24. The van der Waals surface area contributed by atoms with Gasteiger partial charge in [-0.15, -0.1) is 11.3 Å². The van der Waals surface area contributed by atoms with E-state index in [0.717, 1.165) is 16.7 Å². The number of guanidine groups is 1. The number of ketones is 1. The number of sulfonamides is 1. The van der Waals surface area contributed by atoms with Crippen LogP contribution >= 0.6 is 11.3 Å². The molecule has 0 saturated carbocycles. The Balaban J connectivity index is 1.88. The highest BCUT2D eigenvalue weighted by molar-refractivity contribution is 7.89. The molecular formula is C19H21N5O3S2. The number of Topliss-reactive ketones (excluding diaryl/α,β-unsaturated/α-hetero) is 1. The number of nitrogens with zero attached hydrogens (tertiary/aromatic N) is 2. The molecule has 10 heteroatoms. The zero-order valence-electron chi connectivity index (χ0n) is 15.5. The summed E-state index contributed by atoms with van der Waals surface area (Å²) in [6.45, 7) is 0.292. The van der Waals surface area contributed by atoms with Crippen molar-refractivity contribution < 1.29 is 13.2 Å². The molecule has 0 spiro atoms. The summed E-state index contributed by atoms with van der Waals surface area (Å²) in [5, 5.41) is 3.30. The molecule has 5 N–H and O–H groups in total. The van der Waals surface area contributed by atoms with Crippen LogP contribution in [-0.4, -0.2) is 37.7 Å². The van der Waals surface area contributed by atoms with E-state index in [1.807, 2.05) is 18.2 Å². The van der Waals surface area contributed by atoms with Gasteiger partial charge in [0.25, 0.3) is 0 Å². The number of fused-ring (bicyclic) bond motifs is 1. The first-order valence-corrected chi connectivity index (χ1v) is 11.2. The molecule has 0 radical (unpaired) electrons. The van der Waals surface area contributed by atoms with Crippen LogP contribution in [0.15, 0.2) is 63.9 Å². The summed E-state index contributed by atoms with van der Waals surface area (Å²) in [4.78, 5) is 20.9. The molecule has 0 amide bonds. The smallest absolute Gasteiger partial charge is 0.241 e. The van der Waals surface area contributed by atoms with E-state index in [0.29, 0.717) is 18.4 Å². The van der Waals surface area contributed by atoms with Gasteiger partial charge in [0.15, 0.2) is 11.0 Å². The third kappa shape index (κ3) is 5.17. The molecule has 29 heavy (non-hydrogen) atoms. The van der Waals surface area contributed by atoms with Crippen LogP contribution in [0.2, 0.25) is 0 Å². The van der Waals surface area contributed by atoms with Crippen LogP contribution in [0, 0.1) is 0 Å². The number of hydrogen-bond donors (Lipinski definition) is 3. The number of rotatable bonds is 9. The molecule has 0 aliphatic rings. The van der Waals surface area contributed by atoms with Crippen LogP contribution in [0.1, 0.15) is 22.6 Å². The Bertz CT molecular complexity index is 1120. The quantitative estimate of drug-likeness (QED) is 0.204. The zero-order valence-corrected chi connectivity index (χ0v) is 17.1. The Morgan fingerprint density at radius 1 is 1.17 bits per heavy atom. The second-order valence-electron chi connectivity index (χ2n) is 6.30. The van der Waals surface area contributed by atoms with Gasteiger partial charge in [-0.1, -0.05) is 36.4 Å². The average molecular weight is 432 g/mol. The molecule has 3 aromatic rings. The summed E-state index contributed by atoms with van der Waals surface area (Å²) >= 11 is 1.16. The number of aliphatic imine (C=N–C) groups is 1. The van der Waals surface area contributed by atoms with Crippen molar-refractivity contribution in [3.05, 3.63) is 59.0 Å². The topological polar surface area (TPSA) is 141 Å². The summed E-state index contributed by atoms with van der Waals surface area (Å²) in [6.07, 6.45) is 2.17. The highest BCUT2D eigenvalue weighted by Gasteiger charge is 2.28. The van der Waals surface area contributed by atoms with Gasteiger partial charge in [0.05, 0.1) is 10.9 Å². The fraction of sp³-hybridized carbons (Fsp3) is 0.211. The number of nitrogens with two attached hydrogens (primary N) is 2.